The van der Waals surface area contributed by atoms with Gasteiger partial charge in [-0.05, 0) is 79.2 Å². The predicted octanol–water partition coefficient (Wildman–Crippen LogP) is 9.20. The number of anilines is 2. The second kappa shape index (κ2) is 21.7. The van der Waals surface area contributed by atoms with Gasteiger partial charge in [-0.25, -0.2) is 0 Å². The summed E-state index contributed by atoms with van der Waals surface area (Å²) in [6.07, 6.45) is 4.61. The number of fused-ring (bicyclic) bond motifs is 2. The van der Waals surface area contributed by atoms with Gasteiger partial charge in [0, 0.05) is 37.3 Å². The summed E-state index contributed by atoms with van der Waals surface area (Å²) in [4.78, 5) is 18.9. The van der Waals surface area contributed by atoms with Crippen molar-refractivity contribution in [3.05, 3.63) is 107 Å². The molecule has 5 aromatic rings. The number of thioether (sulfide) groups is 3. The van der Waals surface area contributed by atoms with E-state index in [-0.39, 0.29) is 64.9 Å². The van der Waals surface area contributed by atoms with Crippen LogP contribution in [0.4, 0.5) is 11.5 Å². The van der Waals surface area contributed by atoms with Crippen LogP contribution in [0.3, 0.4) is 0 Å². The van der Waals surface area contributed by atoms with Crippen molar-refractivity contribution in [3.63, 3.8) is 0 Å². The van der Waals surface area contributed by atoms with E-state index in [9.17, 15) is 15.2 Å². The minimum absolute atomic E-state index is 0. The molecule has 0 amide bonds. The van der Waals surface area contributed by atoms with Crippen LogP contribution in [0.2, 0.25) is 0 Å². The number of nitrogens with zero attached hydrogens (tertiary/aromatic N) is 4. The summed E-state index contributed by atoms with van der Waals surface area (Å²) in [5.41, 5.74) is 14.2. The van der Waals surface area contributed by atoms with E-state index in [0.717, 1.165) is 21.4 Å². The second-order valence-electron chi connectivity index (χ2n) is 10.2. The third-order valence-corrected chi connectivity index (χ3v) is 9.87. The summed E-state index contributed by atoms with van der Waals surface area (Å²) in [6, 6.07) is 30.4. The van der Waals surface area contributed by atoms with Crippen molar-refractivity contribution in [1.29, 1.82) is 15.8 Å². The maximum Gasteiger partial charge on any atom is 0.228 e. The second-order valence-corrected chi connectivity index (χ2v) is 13.6. The molecule has 2 heterocycles. The first kappa shape index (κ1) is 43.5. The molecule has 7 N–H and O–H groups in total. The summed E-state index contributed by atoms with van der Waals surface area (Å²) >= 11 is 9.15. The van der Waals surface area contributed by atoms with E-state index < -0.39 is 0 Å². The van der Waals surface area contributed by atoms with Crippen LogP contribution in [0.5, 0.6) is 28.9 Å². The number of nitrogen functional groups attached to an aromatic ring is 2. The molecule has 0 aliphatic carbocycles. The molecule has 0 spiro atoms. The molecule has 272 valence electrons. The number of nitriles is 3. The molecule has 15 heteroatoms. The Morgan fingerprint density at radius 1 is 0.849 bits per heavy atom. The number of rotatable bonds is 5. The maximum absolute atomic E-state index is 10.1. The molecule has 0 saturated carbocycles. The third-order valence-electron chi connectivity index (χ3n) is 6.81. The number of phenols is 3. The summed E-state index contributed by atoms with van der Waals surface area (Å²) in [5.74, 6) is 0.602. The molecule has 1 aliphatic heterocycles. The lowest BCUT2D eigenvalue weighted by atomic mass is 9.98. The van der Waals surface area contributed by atoms with E-state index in [1.54, 1.807) is 59.6 Å². The molecule has 1 unspecified atom stereocenters. The van der Waals surface area contributed by atoms with Crippen molar-refractivity contribution in [2.24, 2.45) is 0 Å². The van der Waals surface area contributed by atoms with E-state index in [0.29, 0.717) is 17.6 Å². The van der Waals surface area contributed by atoms with Crippen LogP contribution in [0, 0.1) is 34.0 Å². The average Bonchev–Trinajstić information content (AvgIpc) is 3.13. The van der Waals surface area contributed by atoms with Crippen LogP contribution >= 0.6 is 47.9 Å². The van der Waals surface area contributed by atoms with Crippen LogP contribution in [0.25, 0.3) is 0 Å². The first-order valence-corrected chi connectivity index (χ1v) is 18.6. The zero-order valence-electron chi connectivity index (χ0n) is 27.7. The van der Waals surface area contributed by atoms with Crippen molar-refractivity contribution in [3.8, 4) is 47.1 Å². The van der Waals surface area contributed by atoms with E-state index in [4.69, 9.17) is 36.9 Å². The number of thiol groups is 1. The van der Waals surface area contributed by atoms with Crippen LogP contribution in [0.1, 0.15) is 46.1 Å². The Balaban J connectivity index is 0.000000317. The van der Waals surface area contributed by atoms with Gasteiger partial charge < -0.3 is 31.5 Å². The minimum atomic E-state index is -0.264. The molecule has 53 heavy (non-hydrogen) atoms. The topological polar surface area (TPSA) is 223 Å². The Bertz CT molecular complexity index is 2120. The maximum atomic E-state index is 10.1. The van der Waals surface area contributed by atoms with Gasteiger partial charge in [-0.1, -0.05) is 13.5 Å². The number of hydrogen-bond acceptors (Lipinski definition) is 15. The van der Waals surface area contributed by atoms with Crippen LogP contribution in [-0.2, 0) is 0 Å². The molecule has 1 atom stereocenters. The minimum Gasteiger partial charge on any atom is -0.508 e. The smallest absolute Gasteiger partial charge is 0.228 e. The van der Waals surface area contributed by atoms with Crippen molar-refractivity contribution >= 4 is 65.7 Å². The molecule has 0 bridgehead atoms. The van der Waals surface area contributed by atoms with E-state index in [2.05, 4.69) is 48.1 Å². The van der Waals surface area contributed by atoms with Crippen molar-refractivity contribution in [2.75, 3.05) is 24.0 Å². The zero-order chi connectivity index (χ0) is 38.2. The van der Waals surface area contributed by atoms with Gasteiger partial charge in [0.2, 0.25) is 5.88 Å². The number of phenolic OH excluding ortho intramolecular Hbond substituents is 3. The largest absolute Gasteiger partial charge is 0.508 e. The van der Waals surface area contributed by atoms with Gasteiger partial charge in [0.25, 0.3) is 0 Å². The van der Waals surface area contributed by atoms with Gasteiger partial charge in [0.05, 0.1) is 34.2 Å². The van der Waals surface area contributed by atoms with Gasteiger partial charge in [-0.2, -0.15) is 20.8 Å². The number of aromatic nitrogens is 1. The highest BCUT2D eigenvalue weighted by Crippen LogP contribution is 2.54. The van der Waals surface area contributed by atoms with Crippen LogP contribution < -0.4 is 16.2 Å². The van der Waals surface area contributed by atoms with Crippen LogP contribution in [-0.4, -0.2) is 39.1 Å². The van der Waals surface area contributed by atoms with Gasteiger partial charge in [0.1, 0.15) is 46.9 Å². The number of aromatic hydroxyl groups is 3. The van der Waals surface area contributed by atoms with Crippen molar-refractivity contribution in [2.45, 2.75) is 38.7 Å². The lowest BCUT2D eigenvalue weighted by molar-refractivity contribution is 0.112. The Kier molecular flexibility index (Phi) is 17.8. The molecule has 1 aliphatic rings. The van der Waals surface area contributed by atoms with E-state index in [1.165, 1.54) is 28.0 Å². The Morgan fingerprint density at radius 2 is 1.40 bits per heavy atom. The van der Waals surface area contributed by atoms with Crippen LogP contribution in [0.15, 0.2) is 105 Å². The molecule has 4 aromatic carbocycles. The Labute approximate surface area is 326 Å². The van der Waals surface area contributed by atoms with Crippen molar-refractivity contribution < 1.29 is 24.9 Å². The third kappa shape index (κ3) is 12.2. The number of carbonyl (C=O) groups is 1. The summed E-state index contributed by atoms with van der Waals surface area (Å²) in [7, 11) is 0. The average molecular weight is 785 g/mol. The summed E-state index contributed by atoms with van der Waals surface area (Å²) in [5, 5.41) is 51.9. The lowest BCUT2D eigenvalue weighted by Crippen LogP contribution is -2.14. The van der Waals surface area contributed by atoms with E-state index in [1.807, 2.05) is 36.6 Å². The molecule has 0 radical (unpaired) electrons. The van der Waals surface area contributed by atoms with Gasteiger partial charge in [0.15, 0.2) is 6.29 Å². The highest BCUT2D eigenvalue weighted by molar-refractivity contribution is 8.00. The number of nitrogens with two attached hydrogens (primary N) is 2. The molecule has 0 saturated heterocycles. The van der Waals surface area contributed by atoms with Crippen molar-refractivity contribution in [1.82, 2.24) is 4.98 Å². The fourth-order valence-electron chi connectivity index (χ4n) is 4.31. The number of hydrogen-bond donors (Lipinski definition) is 6. The molecule has 1 aromatic heterocycles. The Hall–Kier alpha value is -5.63. The van der Waals surface area contributed by atoms with E-state index >= 15 is 0 Å². The lowest BCUT2D eigenvalue weighted by Gasteiger charge is -2.29. The Morgan fingerprint density at radius 3 is 1.91 bits per heavy atom. The molecular weight excluding hydrogens is 749 g/mol. The quantitative estimate of drug-likeness (QED) is 0.0555. The summed E-state index contributed by atoms with van der Waals surface area (Å²) in [6.45, 7) is 0. The predicted molar refractivity (Wildman–Crippen MR) is 215 cm³/mol. The molecule has 11 nitrogen and oxygen atoms in total. The first-order chi connectivity index (χ1) is 25.0. The number of aldehydes is 1. The highest BCUT2D eigenvalue weighted by atomic mass is 32.2. The summed E-state index contributed by atoms with van der Waals surface area (Å²) < 4.78 is 5.87. The van der Waals surface area contributed by atoms with Gasteiger partial charge in [-0.15, -0.1) is 47.9 Å². The fraction of sp³-hybridized carbons (Fsp3) is 0.132. The normalized spacial score (nSPS) is 11.4. The molecule has 6 rings (SSSR count). The standard InChI is InChI=1S/C20H16N4O2S2.C7H6O3.C7H8S2.C3H2N2.CH4/c1-27-11-3-5-12(6-4-11)28-18-13-7-2-10(25)8-15(13)26-20-16(18)17(22)14(9-21)19(23)24-20;8-4-5-1-2-6(9)3-7(5)10;1-9-7-4-2-6(8)3-5-7;4-2-1-3-5;/h2-8,18,25H,1H3,(H4,22,23,24);1-4,9-10H;2-5,8H,1H3;1H2;1H4. The van der Waals surface area contributed by atoms with Gasteiger partial charge >= 0.3 is 0 Å². The molecular formula is C38H36N6O5S4. The number of carbonyl (C=O) groups excluding carboxylic acids is 1. The SMILES string of the molecule is C.CSc1ccc(S)cc1.CSc1ccc(SC2c3ccc(O)cc3Oc3nc(N)c(C#N)c(N)c32)cc1.N#CCC#N.O=Cc1ccc(O)cc1O. The van der Waals surface area contributed by atoms with Gasteiger partial charge in [-0.3, -0.25) is 4.79 Å². The number of ether oxygens (including phenoxy) is 1. The number of benzene rings is 4. The molecule has 0 fully saturated rings. The highest BCUT2D eigenvalue weighted by Gasteiger charge is 2.33. The number of pyridine rings is 1. The first-order valence-electron chi connectivity index (χ1n) is 14.8. The fourth-order valence-corrected chi connectivity index (χ4v) is 6.51. The zero-order valence-corrected chi connectivity index (χ0v) is 31.1. The monoisotopic (exact) mass is 784 g/mol.